The first-order chi connectivity index (χ1) is 8.84. The van der Waals surface area contributed by atoms with E-state index in [0.717, 1.165) is 12.1 Å². The summed E-state index contributed by atoms with van der Waals surface area (Å²) in [6.45, 7) is -0.354. The first kappa shape index (κ1) is 13.9. The van der Waals surface area contributed by atoms with Crippen LogP contribution in [0.4, 0.5) is 4.39 Å². The molecule has 1 heterocycles. The van der Waals surface area contributed by atoms with Crippen molar-refractivity contribution in [2.24, 2.45) is 0 Å². The smallest absolute Gasteiger partial charge is 0.322 e. The van der Waals surface area contributed by atoms with Crippen LogP contribution >= 0.6 is 0 Å². The lowest BCUT2D eigenvalue weighted by Crippen LogP contribution is -2.40. The fourth-order valence-corrected chi connectivity index (χ4v) is 3.75. The van der Waals surface area contributed by atoms with Crippen LogP contribution in [0.2, 0.25) is 0 Å². The Kier molecular flexibility index (Phi) is 3.57. The second-order valence-corrected chi connectivity index (χ2v) is 6.11. The van der Waals surface area contributed by atoms with Crippen LogP contribution in [0, 0.1) is 5.82 Å². The maximum absolute atomic E-state index is 13.5. The number of aliphatic carboxylic acids is 1. The van der Waals surface area contributed by atoms with Crippen LogP contribution in [0.3, 0.4) is 0 Å². The number of carbonyl (C=O) groups is 1. The first-order valence-corrected chi connectivity index (χ1v) is 6.95. The Morgan fingerprint density at radius 2 is 2.00 bits per heavy atom. The van der Waals surface area contributed by atoms with Gasteiger partial charge >= 0.3 is 5.97 Å². The third-order valence-electron chi connectivity index (χ3n) is 2.94. The molecular formula is C11H12FNO5S. The predicted molar refractivity (Wildman–Crippen MR) is 62.3 cm³/mol. The minimum Gasteiger partial charge on any atom is -0.480 e. The molecule has 0 aliphatic carbocycles. The summed E-state index contributed by atoms with van der Waals surface area (Å²) >= 11 is 0. The SMILES string of the molecule is O=C(O)[C@@H]1CC(O)CN1S(=O)(=O)c1ccccc1F. The molecule has 2 rings (SSSR count). The highest BCUT2D eigenvalue weighted by molar-refractivity contribution is 7.89. The largest absolute Gasteiger partial charge is 0.480 e. The number of halogens is 1. The van der Waals surface area contributed by atoms with E-state index < -0.39 is 38.9 Å². The van der Waals surface area contributed by atoms with Crippen LogP contribution in [-0.2, 0) is 14.8 Å². The van der Waals surface area contributed by atoms with E-state index in [2.05, 4.69) is 0 Å². The molecular weight excluding hydrogens is 277 g/mol. The number of benzene rings is 1. The van der Waals surface area contributed by atoms with Crippen LogP contribution in [0.1, 0.15) is 6.42 Å². The van der Waals surface area contributed by atoms with E-state index in [1.54, 1.807) is 0 Å². The van der Waals surface area contributed by atoms with Crippen molar-refractivity contribution in [1.29, 1.82) is 0 Å². The fourth-order valence-electron chi connectivity index (χ4n) is 2.05. The Morgan fingerprint density at radius 1 is 1.37 bits per heavy atom. The molecule has 0 saturated carbocycles. The number of β-amino-alcohol motifs (C(OH)–C–C–N with tert-alkyl or cyclic N) is 1. The Labute approximate surface area is 109 Å². The average Bonchev–Trinajstić information content (AvgIpc) is 2.72. The predicted octanol–water partition coefficient (Wildman–Crippen LogP) is 0.0342. The second-order valence-electron chi connectivity index (χ2n) is 4.25. The summed E-state index contributed by atoms with van der Waals surface area (Å²) < 4.78 is 38.6. The lowest BCUT2D eigenvalue weighted by molar-refractivity contribution is -0.140. The van der Waals surface area contributed by atoms with Gasteiger partial charge in [-0.15, -0.1) is 0 Å². The number of sulfonamides is 1. The van der Waals surface area contributed by atoms with Crippen LogP contribution in [0.25, 0.3) is 0 Å². The second kappa shape index (κ2) is 4.87. The molecule has 1 aromatic carbocycles. The van der Waals surface area contributed by atoms with Crippen molar-refractivity contribution in [3.63, 3.8) is 0 Å². The molecule has 19 heavy (non-hydrogen) atoms. The van der Waals surface area contributed by atoms with Crippen molar-refractivity contribution in [3.05, 3.63) is 30.1 Å². The monoisotopic (exact) mass is 289 g/mol. The number of rotatable bonds is 3. The first-order valence-electron chi connectivity index (χ1n) is 5.51. The zero-order valence-electron chi connectivity index (χ0n) is 9.73. The summed E-state index contributed by atoms with van der Waals surface area (Å²) in [4.78, 5) is 10.4. The highest BCUT2D eigenvalue weighted by atomic mass is 32.2. The fraction of sp³-hybridized carbons (Fsp3) is 0.364. The quantitative estimate of drug-likeness (QED) is 0.819. The topological polar surface area (TPSA) is 94.9 Å². The maximum atomic E-state index is 13.5. The van der Waals surface area contributed by atoms with Gasteiger partial charge in [0.2, 0.25) is 10.0 Å². The molecule has 1 aliphatic rings. The summed E-state index contributed by atoms with van der Waals surface area (Å²) in [6, 6.07) is 3.35. The number of hydrogen-bond donors (Lipinski definition) is 2. The van der Waals surface area contributed by atoms with E-state index in [4.69, 9.17) is 5.11 Å². The van der Waals surface area contributed by atoms with Crippen LogP contribution in [-0.4, -0.2) is 47.6 Å². The van der Waals surface area contributed by atoms with Gasteiger partial charge in [-0.25, -0.2) is 12.8 Å². The Bertz CT molecular complexity index is 603. The molecule has 0 spiro atoms. The summed E-state index contributed by atoms with van der Waals surface area (Å²) in [7, 11) is -4.28. The van der Waals surface area contributed by atoms with Crippen molar-refractivity contribution < 1.29 is 27.8 Å². The van der Waals surface area contributed by atoms with Gasteiger partial charge in [0, 0.05) is 13.0 Å². The van der Waals surface area contributed by atoms with Gasteiger partial charge in [-0.2, -0.15) is 4.31 Å². The third-order valence-corrected chi connectivity index (χ3v) is 4.85. The van der Waals surface area contributed by atoms with Crippen molar-refractivity contribution in [2.75, 3.05) is 6.54 Å². The highest BCUT2D eigenvalue weighted by Crippen LogP contribution is 2.27. The van der Waals surface area contributed by atoms with E-state index in [1.165, 1.54) is 12.1 Å². The molecule has 1 aliphatic heterocycles. The van der Waals surface area contributed by atoms with Crippen molar-refractivity contribution in [1.82, 2.24) is 4.31 Å². The summed E-state index contributed by atoms with van der Waals surface area (Å²) in [5, 5.41) is 18.4. The summed E-state index contributed by atoms with van der Waals surface area (Å²) in [5.74, 6) is -2.32. The van der Waals surface area contributed by atoms with Gasteiger partial charge in [0.05, 0.1) is 6.10 Å². The molecule has 6 nitrogen and oxygen atoms in total. The van der Waals surface area contributed by atoms with Crippen LogP contribution in [0.5, 0.6) is 0 Å². The molecule has 1 fully saturated rings. The van der Waals surface area contributed by atoms with Gasteiger partial charge < -0.3 is 10.2 Å². The van der Waals surface area contributed by atoms with E-state index >= 15 is 0 Å². The third kappa shape index (κ3) is 2.46. The van der Waals surface area contributed by atoms with Gasteiger partial charge in [0.1, 0.15) is 16.8 Å². The average molecular weight is 289 g/mol. The molecule has 0 amide bonds. The van der Waals surface area contributed by atoms with Gasteiger partial charge in [-0.05, 0) is 12.1 Å². The van der Waals surface area contributed by atoms with E-state index in [1.807, 2.05) is 0 Å². The molecule has 2 atom stereocenters. The standard InChI is InChI=1S/C11H12FNO5S/c12-8-3-1-2-4-10(8)19(17,18)13-6-7(14)5-9(13)11(15)16/h1-4,7,9,14H,5-6H2,(H,15,16)/t7?,9-/m0/s1. The molecule has 104 valence electrons. The van der Waals surface area contributed by atoms with Gasteiger partial charge in [0.25, 0.3) is 0 Å². The number of aliphatic hydroxyl groups is 1. The number of aliphatic hydroxyl groups excluding tert-OH is 1. The van der Waals surface area contributed by atoms with Gasteiger partial charge in [-0.3, -0.25) is 4.79 Å². The molecule has 1 unspecified atom stereocenters. The Hall–Kier alpha value is -1.51. The number of carboxylic acids is 1. The molecule has 0 bridgehead atoms. The van der Waals surface area contributed by atoms with E-state index in [0.29, 0.717) is 4.31 Å². The molecule has 0 aromatic heterocycles. The van der Waals surface area contributed by atoms with Crippen molar-refractivity contribution in [2.45, 2.75) is 23.5 Å². The molecule has 1 aromatic rings. The van der Waals surface area contributed by atoms with Crippen LogP contribution < -0.4 is 0 Å². The summed E-state index contributed by atoms with van der Waals surface area (Å²) in [5.41, 5.74) is 0. The lowest BCUT2D eigenvalue weighted by Gasteiger charge is -2.20. The van der Waals surface area contributed by atoms with Crippen LogP contribution in [0.15, 0.2) is 29.2 Å². The van der Waals surface area contributed by atoms with E-state index in [-0.39, 0.29) is 13.0 Å². The number of nitrogens with zero attached hydrogens (tertiary/aromatic N) is 1. The van der Waals surface area contributed by atoms with Gasteiger partial charge in [0.15, 0.2) is 0 Å². The van der Waals surface area contributed by atoms with Gasteiger partial charge in [-0.1, -0.05) is 12.1 Å². The number of carboxylic acid groups (broad SMARTS) is 1. The molecule has 8 heteroatoms. The van der Waals surface area contributed by atoms with E-state index in [9.17, 15) is 22.7 Å². The molecule has 1 saturated heterocycles. The number of hydrogen-bond acceptors (Lipinski definition) is 4. The van der Waals surface area contributed by atoms with Crippen molar-refractivity contribution >= 4 is 16.0 Å². The normalized spacial score (nSPS) is 24.5. The Morgan fingerprint density at radius 3 is 2.58 bits per heavy atom. The zero-order chi connectivity index (χ0) is 14.2. The minimum atomic E-state index is -4.28. The zero-order valence-corrected chi connectivity index (χ0v) is 10.5. The molecule has 2 N–H and O–H groups in total. The molecule has 0 radical (unpaired) electrons. The Balaban J connectivity index is 2.45. The lowest BCUT2D eigenvalue weighted by atomic mass is 10.2. The highest BCUT2D eigenvalue weighted by Gasteiger charge is 2.44. The maximum Gasteiger partial charge on any atom is 0.322 e. The summed E-state index contributed by atoms with van der Waals surface area (Å²) in [6.07, 6.45) is -1.27. The minimum absolute atomic E-state index is 0.205. The van der Waals surface area contributed by atoms with Crippen molar-refractivity contribution in [3.8, 4) is 0 Å².